The van der Waals surface area contributed by atoms with Crippen LogP contribution >= 0.6 is 0 Å². The number of rotatable bonds is 4. The molecular formula is C22H18N8O. The van der Waals surface area contributed by atoms with Gasteiger partial charge in [-0.25, -0.2) is 4.68 Å². The first kappa shape index (κ1) is 18.6. The van der Waals surface area contributed by atoms with E-state index in [2.05, 4.69) is 30.6 Å². The number of nitrogens with one attached hydrogen (secondary N) is 2. The van der Waals surface area contributed by atoms with Crippen LogP contribution in [-0.2, 0) is 4.79 Å². The molecule has 0 saturated carbocycles. The number of pyridine rings is 3. The van der Waals surface area contributed by atoms with Gasteiger partial charge in [-0.3, -0.25) is 19.7 Å². The fourth-order valence-corrected chi connectivity index (χ4v) is 3.54. The van der Waals surface area contributed by atoms with E-state index in [4.69, 9.17) is 5.10 Å². The third kappa shape index (κ3) is 3.52. The van der Waals surface area contributed by atoms with Crippen molar-refractivity contribution >= 4 is 17.5 Å². The number of amides is 1. The second-order valence-corrected chi connectivity index (χ2v) is 6.99. The van der Waals surface area contributed by atoms with Gasteiger partial charge in [0, 0.05) is 42.2 Å². The molecular weight excluding hydrogens is 392 g/mol. The van der Waals surface area contributed by atoms with Crippen LogP contribution in [0.4, 0.5) is 11.6 Å². The smallest absolute Gasteiger partial charge is 0.255 e. The summed E-state index contributed by atoms with van der Waals surface area (Å²) < 4.78 is 1.71. The largest absolute Gasteiger partial charge is 0.328 e. The van der Waals surface area contributed by atoms with E-state index in [1.165, 1.54) is 0 Å². The van der Waals surface area contributed by atoms with E-state index in [9.17, 15) is 4.79 Å². The minimum atomic E-state index is -0.500. The third-order valence-corrected chi connectivity index (χ3v) is 4.94. The Morgan fingerprint density at radius 3 is 2.42 bits per heavy atom. The maximum absolute atomic E-state index is 13.3. The average Bonchev–Trinajstić information content (AvgIpc) is 3.23. The van der Waals surface area contributed by atoms with Crippen LogP contribution in [0.25, 0.3) is 11.4 Å². The molecule has 0 bridgehead atoms. The van der Waals surface area contributed by atoms with Gasteiger partial charge in [-0.15, -0.1) is 5.10 Å². The lowest BCUT2D eigenvalue weighted by Crippen LogP contribution is -2.31. The van der Waals surface area contributed by atoms with Crippen molar-refractivity contribution in [3.05, 3.63) is 90.4 Å². The highest BCUT2D eigenvalue weighted by Gasteiger charge is 2.34. The van der Waals surface area contributed by atoms with E-state index in [-0.39, 0.29) is 5.91 Å². The van der Waals surface area contributed by atoms with Crippen molar-refractivity contribution in [3.8, 4) is 11.4 Å². The fourth-order valence-electron chi connectivity index (χ4n) is 3.54. The number of nitrogens with zero attached hydrogens (tertiary/aromatic N) is 6. The summed E-state index contributed by atoms with van der Waals surface area (Å²) in [6.07, 6.45) is 10.1. The van der Waals surface area contributed by atoms with Crippen molar-refractivity contribution in [1.82, 2.24) is 29.7 Å². The lowest BCUT2D eigenvalue weighted by Gasteiger charge is -2.28. The van der Waals surface area contributed by atoms with Crippen molar-refractivity contribution in [1.29, 1.82) is 0 Å². The summed E-state index contributed by atoms with van der Waals surface area (Å²) in [6, 6.07) is 10.5. The topological polar surface area (TPSA) is 111 Å². The average molecular weight is 410 g/mol. The van der Waals surface area contributed by atoms with Crippen LogP contribution in [0.15, 0.2) is 84.8 Å². The Hall–Kier alpha value is -4.40. The summed E-state index contributed by atoms with van der Waals surface area (Å²) in [5.41, 5.74) is 3.43. The zero-order chi connectivity index (χ0) is 21.2. The van der Waals surface area contributed by atoms with Gasteiger partial charge in [-0.2, -0.15) is 4.98 Å². The van der Waals surface area contributed by atoms with Gasteiger partial charge in [0.2, 0.25) is 5.95 Å². The molecule has 9 nitrogen and oxygen atoms in total. The van der Waals surface area contributed by atoms with Crippen molar-refractivity contribution in [2.75, 3.05) is 10.6 Å². The molecule has 5 rings (SSSR count). The number of hydrogen-bond donors (Lipinski definition) is 2. The van der Waals surface area contributed by atoms with Crippen LogP contribution in [0.2, 0.25) is 0 Å². The van der Waals surface area contributed by atoms with Gasteiger partial charge in [0.05, 0.1) is 17.5 Å². The Morgan fingerprint density at radius 1 is 1.00 bits per heavy atom. The normalized spacial score (nSPS) is 15.2. The first-order valence-corrected chi connectivity index (χ1v) is 9.67. The van der Waals surface area contributed by atoms with Gasteiger partial charge in [-0.05, 0) is 42.8 Å². The Morgan fingerprint density at radius 2 is 1.74 bits per heavy atom. The molecule has 0 saturated heterocycles. The number of hydrogen-bond acceptors (Lipinski definition) is 7. The minimum Gasteiger partial charge on any atom is -0.328 e. The molecule has 4 aromatic rings. The van der Waals surface area contributed by atoms with Crippen molar-refractivity contribution in [3.63, 3.8) is 0 Å². The van der Waals surface area contributed by atoms with Crippen molar-refractivity contribution in [2.45, 2.75) is 13.0 Å². The molecule has 1 atom stereocenters. The monoisotopic (exact) mass is 410 g/mol. The highest BCUT2D eigenvalue weighted by atomic mass is 16.1. The van der Waals surface area contributed by atoms with Crippen LogP contribution in [0.1, 0.15) is 18.5 Å². The summed E-state index contributed by atoms with van der Waals surface area (Å²) in [7, 11) is 0. The van der Waals surface area contributed by atoms with E-state index in [0.717, 1.165) is 11.1 Å². The number of allylic oxidation sites excluding steroid dienone is 1. The minimum absolute atomic E-state index is 0.254. The van der Waals surface area contributed by atoms with Gasteiger partial charge >= 0.3 is 0 Å². The zero-order valence-corrected chi connectivity index (χ0v) is 16.6. The van der Waals surface area contributed by atoms with Gasteiger partial charge in [0.1, 0.15) is 6.04 Å². The summed E-state index contributed by atoms with van der Waals surface area (Å²) in [5, 5.41) is 10.8. The van der Waals surface area contributed by atoms with Crippen LogP contribution < -0.4 is 10.6 Å². The molecule has 2 N–H and O–H groups in total. The van der Waals surface area contributed by atoms with Crippen LogP contribution in [0.5, 0.6) is 0 Å². The molecule has 152 valence electrons. The van der Waals surface area contributed by atoms with E-state index in [1.54, 1.807) is 54.0 Å². The Balaban J connectivity index is 1.60. The molecule has 1 aliphatic rings. The van der Waals surface area contributed by atoms with Gasteiger partial charge in [0.15, 0.2) is 5.82 Å². The predicted octanol–water partition coefficient (Wildman–Crippen LogP) is 3.06. The first-order chi connectivity index (χ1) is 15.2. The molecule has 4 aromatic heterocycles. The molecule has 1 amide bonds. The summed E-state index contributed by atoms with van der Waals surface area (Å²) in [5.74, 6) is 0.810. The summed E-state index contributed by atoms with van der Waals surface area (Å²) in [6.45, 7) is 1.85. The number of anilines is 2. The molecule has 31 heavy (non-hydrogen) atoms. The molecule has 0 radical (unpaired) electrons. The van der Waals surface area contributed by atoms with Gasteiger partial charge in [-0.1, -0.05) is 6.07 Å². The van der Waals surface area contributed by atoms with Crippen LogP contribution in [0.3, 0.4) is 0 Å². The number of aromatic nitrogens is 6. The molecule has 1 aliphatic heterocycles. The first-order valence-electron chi connectivity index (χ1n) is 9.67. The van der Waals surface area contributed by atoms with E-state index < -0.39 is 6.04 Å². The van der Waals surface area contributed by atoms with Gasteiger partial charge < -0.3 is 10.6 Å². The SMILES string of the molecule is CC1=C(C(=O)Nc2cccnc2)C(c2cccnc2)n2nc(-c3cccnc3)nc2N1. The van der Waals surface area contributed by atoms with Crippen molar-refractivity contribution < 1.29 is 4.79 Å². The lowest BCUT2D eigenvalue weighted by atomic mass is 9.96. The van der Waals surface area contributed by atoms with E-state index >= 15 is 0 Å². The lowest BCUT2D eigenvalue weighted by molar-refractivity contribution is -0.113. The Kier molecular flexibility index (Phi) is 4.68. The van der Waals surface area contributed by atoms with Crippen LogP contribution in [-0.4, -0.2) is 35.6 Å². The highest BCUT2D eigenvalue weighted by Crippen LogP contribution is 2.36. The predicted molar refractivity (Wildman–Crippen MR) is 115 cm³/mol. The zero-order valence-electron chi connectivity index (χ0n) is 16.6. The summed E-state index contributed by atoms with van der Waals surface area (Å²) in [4.78, 5) is 30.4. The number of fused-ring (bicyclic) bond motifs is 1. The highest BCUT2D eigenvalue weighted by molar-refractivity contribution is 6.05. The number of carbonyl (C=O) groups excluding carboxylic acids is 1. The van der Waals surface area contributed by atoms with Gasteiger partial charge in [0.25, 0.3) is 5.91 Å². The second-order valence-electron chi connectivity index (χ2n) is 6.99. The van der Waals surface area contributed by atoms with Crippen molar-refractivity contribution in [2.24, 2.45) is 0 Å². The fraction of sp³-hybridized carbons (Fsp3) is 0.0909. The molecule has 0 aliphatic carbocycles. The molecule has 0 spiro atoms. The Labute approximate surface area is 177 Å². The standard InChI is InChI=1S/C22H18N8O/c1-14-18(21(31)27-17-7-4-10-25-13-17)19(15-5-2-8-23-11-15)30-22(26-14)28-20(29-30)16-6-3-9-24-12-16/h2-13,19H,1H3,(H,27,31)(H,26,28,29). The maximum Gasteiger partial charge on any atom is 0.255 e. The quantitative estimate of drug-likeness (QED) is 0.532. The van der Waals surface area contributed by atoms with E-state index in [0.29, 0.717) is 28.7 Å². The number of carbonyl (C=O) groups is 1. The molecule has 0 fully saturated rings. The molecule has 1 unspecified atom stereocenters. The van der Waals surface area contributed by atoms with E-state index in [1.807, 2.05) is 31.2 Å². The maximum atomic E-state index is 13.3. The summed E-state index contributed by atoms with van der Waals surface area (Å²) >= 11 is 0. The third-order valence-electron chi connectivity index (χ3n) is 4.94. The molecule has 5 heterocycles. The molecule has 9 heteroatoms. The van der Waals surface area contributed by atoms with Crippen LogP contribution in [0, 0.1) is 0 Å². The Bertz CT molecular complexity index is 1250. The molecule has 0 aromatic carbocycles. The second kappa shape index (κ2) is 7.79.